The van der Waals surface area contributed by atoms with E-state index in [-0.39, 0.29) is 5.56 Å². The molecule has 4 heterocycles. The molecule has 1 aliphatic heterocycles. The number of rotatable bonds is 4. The van der Waals surface area contributed by atoms with Crippen molar-refractivity contribution in [2.75, 3.05) is 25.5 Å². The molecule has 2 atom stereocenters. The molecule has 3 N–H and O–H groups in total. The number of piperidine rings is 1. The minimum absolute atomic E-state index is 0.193. The molecule has 160 valence electrons. The number of hydrogen-bond acceptors (Lipinski definition) is 7. The summed E-state index contributed by atoms with van der Waals surface area (Å²) in [6.07, 6.45) is 6.02. The number of pyridine rings is 2. The van der Waals surface area contributed by atoms with E-state index in [1.54, 1.807) is 25.7 Å². The van der Waals surface area contributed by atoms with Crippen molar-refractivity contribution in [3.05, 3.63) is 70.4 Å². The molecule has 6 rings (SSSR count). The van der Waals surface area contributed by atoms with Crippen LogP contribution in [-0.4, -0.2) is 40.1 Å². The fourth-order valence-corrected chi connectivity index (χ4v) is 4.94. The average Bonchev–Trinajstić information content (AvgIpc) is 3.07. The van der Waals surface area contributed by atoms with Gasteiger partial charge >= 0.3 is 0 Å². The number of benzene rings is 1. The van der Waals surface area contributed by atoms with Crippen LogP contribution in [0.25, 0.3) is 22.2 Å². The quantitative estimate of drug-likeness (QED) is 0.460. The first-order valence-corrected chi connectivity index (χ1v) is 10.7. The zero-order valence-electron chi connectivity index (χ0n) is 17.6. The van der Waals surface area contributed by atoms with E-state index in [2.05, 4.69) is 43.8 Å². The van der Waals surface area contributed by atoms with Crippen molar-refractivity contribution in [3.63, 3.8) is 0 Å². The zero-order chi connectivity index (χ0) is 21.7. The van der Waals surface area contributed by atoms with Crippen LogP contribution >= 0.6 is 0 Å². The second-order valence-corrected chi connectivity index (χ2v) is 8.33. The highest BCUT2D eigenvalue weighted by atomic mass is 16.5. The molecule has 32 heavy (non-hydrogen) atoms. The third-order valence-corrected chi connectivity index (χ3v) is 6.42. The monoisotopic (exact) mass is 426 g/mol. The smallest absolute Gasteiger partial charge is 0.259 e. The Morgan fingerprint density at radius 1 is 1.03 bits per heavy atom. The fourth-order valence-electron chi connectivity index (χ4n) is 4.94. The third kappa shape index (κ3) is 3.11. The van der Waals surface area contributed by atoms with Gasteiger partial charge in [0.2, 0.25) is 5.88 Å². The Bertz CT molecular complexity index is 1400. The molecule has 3 aromatic heterocycles. The molecule has 1 saturated heterocycles. The van der Waals surface area contributed by atoms with Gasteiger partial charge in [-0.2, -0.15) is 0 Å². The van der Waals surface area contributed by atoms with Gasteiger partial charge in [-0.25, -0.2) is 9.97 Å². The molecule has 1 aliphatic carbocycles. The fraction of sp³-hybridized carbons (Fsp3) is 0.250. The molecule has 0 radical (unpaired) electrons. The van der Waals surface area contributed by atoms with E-state index in [0.29, 0.717) is 40.3 Å². The maximum atomic E-state index is 12.7. The van der Waals surface area contributed by atoms with Gasteiger partial charge in [0.15, 0.2) is 0 Å². The molecule has 0 spiro atoms. The lowest BCUT2D eigenvalue weighted by Crippen LogP contribution is -2.28. The summed E-state index contributed by atoms with van der Waals surface area (Å²) in [5.74, 6) is 2.03. The van der Waals surface area contributed by atoms with Gasteiger partial charge in [-0.1, -0.05) is 6.07 Å². The van der Waals surface area contributed by atoms with Crippen LogP contribution in [0.3, 0.4) is 0 Å². The highest BCUT2D eigenvalue weighted by molar-refractivity contribution is 5.95. The number of aromatic nitrogens is 4. The molecular weight excluding hydrogens is 404 g/mol. The van der Waals surface area contributed by atoms with Crippen molar-refractivity contribution in [2.24, 2.45) is 0 Å². The van der Waals surface area contributed by atoms with Crippen LogP contribution in [0, 0.1) is 0 Å². The zero-order valence-corrected chi connectivity index (χ0v) is 17.6. The number of hydrogen-bond donors (Lipinski definition) is 3. The maximum absolute atomic E-state index is 12.7. The first-order valence-electron chi connectivity index (χ1n) is 10.7. The lowest BCUT2D eigenvalue weighted by Gasteiger charge is -2.19. The number of nitrogens with one attached hydrogen (secondary N) is 3. The SMILES string of the molecule is COc1cncc(-c2cc3cc[nH]c(=O)c3c(Nc3ccc4c(c3)C3CNCC4C3)n2)n1. The Hall–Kier alpha value is -3.78. The lowest BCUT2D eigenvalue weighted by molar-refractivity contribution is 0.396. The number of fused-ring (bicyclic) bond motifs is 6. The Labute approximate surface area is 184 Å². The Kier molecular flexibility index (Phi) is 4.39. The average molecular weight is 426 g/mol. The van der Waals surface area contributed by atoms with Gasteiger partial charge in [-0.3, -0.25) is 9.78 Å². The van der Waals surface area contributed by atoms with Crippen molar-refractivity contribution >= 4 is 22.3 Å². The summed E-state index contributed by atoms with van der Waals surface area (Å²) in [5.41, 5.74) is 4.73. The molecule has 2 bridgehead atoms. The molecule has 1 fully saturated rings. The van der Waals surface area contributed by atoms with Gasteiger partial charge in [0.05, 0.1) is 30.6 Å². The lowest BCUT2D eigenvalue weighted by atomic mass is 9.98. The summed E-state index contributed by atoms with van der Waals surface area (Å²) < 4.78 is 5.21. The van der Waals surface area contributed by atoms with E-state index in [1.807, 2.05) is 12.1 Å². The predicted molar refractivity (Wildman–Crippen MR) is 123 cm³/mol. The van der Waals surface area contributed by atoms with Crippen molar-refractivity contribution in [2.45, 2.75) is 18.3 Å². The maximum Gasteiger partial charge on any atom is 0.259 e. The Balaban J connectivity index is 1.46. The number of ether oxygens (including phenoxy) is 1. The summed E-state index contributed by atoms with van der Waals surface area (Å²) >= 11 is 0. The second-order valence-electron chi connectivity index (χ2n) is 8.33. The topological polar surface area (TPSA) is 105 Å². The van der Waals surface area contributed by atoms with Gasteiger partial charge in [-0.05, 0) is 59.0 Å². The van der Waals surface area contributed by atoms with Crippen LogP contribution in [0.5, 0.6) is 5.88 Å². The molecule has 4 aromatic rings. The largest absolute Gasteiger partial charge is 0.480 e. The van der Waals surface area contributed by atoms with Crippen LogP contribution in [0.2, 0.25) is 0 Å². The molecule has 0 saturated carbocycles. The number of nitrogens with zero attached hydrogens (tertiary/aromatic N) is 3. The van der Waals surface area contributed by atoms with Gasteiger partial charge in [-0.15, -0.1) is 0 Å². The van der Waals surface area contributed by atoms with Crippen molar-refractivity contribution in [1.29, 1.82) is 0 Å². The molecule has 8 nitrogen and oxygen atoms in total. The third-order valence-electron chi connectivity index (χ3n) is 6.42. The van der Waals surface area contributed by atoms with Gasteiger partial charge in [0.1, 0.15) is 11.5 Å². The van der Waals surface area contributed by atoms with E-state index in [1.165, 1.54) is 17.5 Å². The first-order chi connectivity index (χ1) is 15.7. The van der Waals surface area contributed by atoms with Gasteiger partial charge < -0.3 is 20.4 Å². The van der Waals surface area contributed by atoms with E-state index in [9.17, 15) is 4.79 Å². The second kappa shape index (κ2) is 7.42. The van der Waals surface area contributed by atoms with Crippen LogP contribution in [0.1, 0.15) is 29.4 Å². The van der Waals surface area contributed by atoms with Crippen molar-refractivity contribution in [3.8, 4) is 17.3 Å². The summed E-state index contributed by atoms with van der Waals surface area (Å²) in [5, 5.41) is 8.21. The molecule has 2 unspecified atom stereocenters. The predicted octanol–water partition coefficient (Wildman–Crippen LogP) is 3.31. The normalized spacial score (nSPS) is 19.0. The number of anilines is 2. The minimum Gasteiger partial charge on any atom is -0.480 e. The van der Waals surface area contributed by atoms with Gasteiger partial charge in [0, 0.05) is 25.0 Å². The van der Waals surface area contributed by atoms with Crippen LogP contribution in [0.4, 0.5) is 11.5 Å². The van der Waals surface area contributed by atoms with E-state index in [4.69, 9.17) is 9.72 Å². The van der Waals surface area contributed by atoms with Crippen molar-refractivity contribution < 1.29 is 4.74 Å². The van der Waals surface area contributed by atoms with Crippen LogP contribution in [0.15, 0.2) is 53.7 Å². The number of methoxy groups -OCH3 is 1. The number of H-pyrrole nitrogens is 1. The standard InChI is InChI=1S/C24H22N6O2/c1-32-21-12-26-11-20(29-21)19-7-13-4-5-27-24(31)22(13)23(30-19)28-16-2-3-17-14-6-15(10-25-9-14)18(17)8-16/h2-5,7-8,11-12,14-15,25H,6,9-10H2,1H3,(H,27,31)(H,28,30). The highest BCUT2D eigenvalue weighted by Crippen LogP contribution is 2.44. The summed E-state index contributed by atoms with van der Waals surface area (Å²) in [7, 11) is 1.55. The van der Waals surface area contributed by atoms with Gasteiger partial charge in [0.25, 0.3) is 5.56 Å². The molecular formula is C24H22N6O2. The van der Waals surface area contributed by atoms with Crippen LogP contribution < -0.4 is 20.9 Å². The summed E-state index contributed by atoms with van der Waals surface area (Å²) in [6, 6.07) is 10.2. The summed E-state index contributed by atoms with van der Waals surface area (Å²) in [6.45, 7) is 2.05. The van der Waals surface area contributed by atoms with E-state index in [0.717, 1.165) is 24.2 Å². The van der Waals surface area contributed by atoms with Crippen LogP contribution in [-0.2, 0) is 0 Å². The van der Waals surface area contributed by atoms with E-state index < -0.39 is 0 Å². The first kappa shape index (κ1) is 18.9. The Morgan fingerprint density at radius 2 is 1.91 bits per heavy atom. The van der Waals surface area contributed by atoms with E-state index >= 15 is 0 Å². The highest BCUT2D eigenvalue weighted by Gasteiger charge is 2.34. The number of aromatic amines is 1. The molecule has 2 aliphatic rings. The summed E-state index contributed by atoms with van der Waals surface area (Å²) in [4.78, 5) is 28.8. The molecule has 1 aromatic carbocycles. The minimum atomic E-state index is -0.193. The molecule has 0 amide bonds. The van der Waals surface area contributed by atoms with Crippen molar-refractivity contribution in [1.82, 2.24) is 25.3 Å². The molecule has 8 heteroatoms. The Morgan fingerprint density at radius 3 is 2.78 bits per heavy atom.